The van der Waals surface area contributed by atoms with E-state index in [9.17, 15) is 27.9 Å². The number of nitrogens with zero attached hydrogens (tertiary/aromatic N) is 1. The number of anilines is 1. The first-order valence-electron chi connectivity index (χ1n) is 8.80. The summed E-state index contributed by atoms with van der Waals surface area (Å²) in [6, 6.07) is 9.59. The molecule has 3 rings (SSSR count). The number of aliphatic hydroxyl groups is 1. The van der Waals surface area contributed by atoms with E-state index in [-0.39, 0.29) is 17.7 Å². The fraction of sp³-hybridized carbons (Fsp3) is 0.238. The van der Waals surface area contributed by atoms with Gasteiger partial charge in [0.1, 0.15) is 5.75 Å². The second-order valence-electron chi connectivity index (χ2n) is 6.44. The molecule has 0 aromatic heterocycles. The van der Waals surface area contributed by atoms with Gasteiger partial charge in [0.2, 0.25) is 0 Å². The van der Waals surface area contributed by atoms with Gasteiger partial charge >= 0.3 is 6.18 Å². The Morgan fingerprint density at radius 3 is 2.48 bits per heavy atom. The predicted octanol–water partition coefficient (Wildman–Crippen LogP) is 4.59. The predicted molar refractivity (Wildman–Crippen MR) is 99.6 cm³/mol. The molecule has 0 spiro atoms. The van der Waals surface area contributed by atoms with Crippen LogP contribution in [0.2, 0.25) is 0 Å². The van der Waals surface area contributed by atoms with Crippen molar-refractivity contribution in [3.63, 3.8) is 0 Å². The van der Waals surface area contributed by atoms with E-state index in [1.165, 1.54) is 19.2 Å². The van der Waals surface area contributed by atoms with Gasteiger partial charge in [-0.25, -0.2) is 0 Å². The number of benzene rings is 2. The van der Waals surface area contributed by atoms with Gasteiger partial charge in [0.05, 0.1) is 24.3 Å². The molecule has 152 valence electrons. The number of ketones is 1. The summed E-state index contributed by atoms with van der Waals surface area (Å²) < 4.78 is 44.7. The van der Waals surface area contributed by atoms with E-state index in [0.717, 1.165) is 17.0 Å². The first-order chi connectivity index (χ1) is 13.7. The third kappa shape index (κ3) is 3.70. The van der Waals surface area contributed by atoms with Gasteiger partial charge in [-0.2, -0.15) is 13.2 Å². The number of carbonyl (C=O) groups is 2. The average molecular weight is 405 g/mol. The number of ether oxygens (including phenoxy) is 1. The number of carbonyl (C=O) groups excluding carboxylic acids is 2. The minimum Gasteiger partial charge on any atom is -0.503 e. The molecule has 1 atom stereocenters. The number of alkyl halides is 3. The lowest BCUT2D eigenvalue weighted by molar-refractivity contribution is -0.137. The molecule has 0 saturated carbocycles. The molecule has 1 aliphatic rings. The fourth-order valence-corrected chi connectivity index (χ4v) is 3.31. The van der Waals surface area contributed by atoms with E-state index in [1.54, 1.807) is 31.2 Å². The Bertz CT molecular complexity index is 997. The zero-order chi connectivity index (χ0) is 21.3. The molecule has 29 heavy (non-hydrogen) atoms. The highest BCUT2D eigenvalue weighted by atomic mass is 19.4. The maximum absolute atomic E-state index is 13.2. The van der Waals surface area contributed by atoms with Gasteiger partial charge in [-0.15, -0.1) is 0 Å². The van der Waals surface area contributed by atoms with Crippen LogP contribution in [0, 0.1) is 0 Å². The van der Waals surface area contributed by atoms with Crippen LogP contribution in [0.4, 0.5) is 18.9 Å². The van der Waals surface area contributed by atoms with Crippen LogP contribution < -0.4 is 9.64 Å². The third-order valence-electron chi connectivity index (χ3n) is 4.69. The molecule has 0 radical (unpaired) electrons. The number of hydrogen-bond acceptors (Lipinski definition) is 4. The van der Waals surface area contributed by atoms with Gasteiger partial charge in [-0.1, -0.05) is 25.1 Å². The smallest absolute Gasteiger partial charge is 0.416 e. The highest BCUT2D eigenvalue weighted by Gasteiger charge is 2.44. The van der Waals surface area contributed by atoms with Crippen LogP contribution in [0.1, 0.15) is 30.5 Å². The maximum Gasteiger partial charge on any atom is 0.416 e. The van der Waals surface area contributed by atoms with Crippen molar-refractivity contribution in [1.29, 1.82) is 0 Å². The largest absolute Gasteiger partial charge is 0.503 e. The van der Waals surface area contributed by atoms with Gasteiger partial charge in [-0.05, 0) is 35.9 Å². The standard InChI is InChI=1S/C21H18F3NO4/c1-3-16(26)17-18(12-6-4-9-15(10-12)29-2)25(20(28)19(17)27)14-8-5-7-13(11-14)21(22,23)24/h4-11,18,27H,3H2,1-2H3. The van der Waals surface area contributed by atoms with Crippen molar-refractivity contribution in [2.24, 2.45) is 0 Å². The Balaban J connectivity index is 2.20. The summed E-state index contributed by atoms with van der Waals surface area (Å²) in [6.45, 7) is 1.57. The molecule has 1 unspecified atom stereocenters. The molecular weight excluding hydrogens is 387 g/mol. The van der Waals surface area contributed by atoms with Crippen LogP contribution in [0.25, 0.3) is 0 Å². The van der Waals surface area contributed by atoms with Gasteiger partial charge in [-0.3, -0.25) is 14.5 Å². The molecule has 0 bridgehead atoms. The SMILES string of the molecule is CCC(=O)C1=C(O)C(=O)N(c2cccc(C(F)(F)F)c2)C1c1cccc(OC)c1. The molecule has 1 amide bonds. The Labute approximate surface area is 165 Å². The minimum atomic E-state index is -4.61. The van der Waals surface area contributed by atoms with E-state index in [1.807, 2.05) is 0 Å². The maximum atomic E-state index is 13.2. The van der Waals surface area contributed by atoms with Crippen molar-refractivity contribution in [2.45, 2.75) is 25.6 Å². The van der Waals surface area contributed by atoms with E-state index in [0.29, 0.717) is 11.3 Å². The van der Waals surface area contributed by atoms with Crippen molar-refractivity contribution < 1.29 is 32.6 Å². The van der Waals surface area contributed by atoms with Crippen LogP contribution in [-0.4, -0.2) is 23.9 Å². The zero-order valence-corrected chi connectivity index (χ0v) is 15.7. The minimum absolute atomic E-state index is 0.0174. The molecule has 8 heteroatoms. The lowest BCUT2D eigenvalue weighted by Crippen LogP contribution is -2.31. The monoisotopic (exact) mass is 405 g/mol. The molecular formula is C21H18F3NO4. The average Bonchev–Trinajstić information content (AvgIpc) is 2.98. The van der Waals surface area contributed by atoms with Crippen LogP contribution >= 0.6 is 0 Å². The summed E-state index contributed by atoms with van der Waals surface area (Å²) in [5.41, 5.74) is -0.746. The normalized spacial score (nSPS) is 17.1. The molecule has 0 saturated heterocycles. The van der Waals surface area contributed by atoms with E-state index in [4.69, 9.17) is 4.74 Å². The van der Waals surface area contributed by atoms with Crippen LogP contribution in [-0.2, 0) is 15.8 Å². The van der Waals surface area contributed by atoms with Gasteiger partial charge in [0.15, 0.2) is 11.5 Å². The van der Waals surface area contributed by atoms with Crippen LogP contribution in [0.15, 0.2) is 59.9 Å². The first kappa shape index (κ1) is 20.4. The highest BCUT2D eigenvalue weighted by molar-refractivity contribution is 6.16. The molecule has 0 aliphatic carbocycles. The van der Waals surface area contributed by atoms with Crippen molar-refractivity contribution >= 4 is 17.4 Å². The van der Waals surface area contributed by atoms with Gasteiger partial charge in [0.25, 0.3) is 5.91 Å². The summed E-state index contributed by atoms with van der Waals surface area (Å²) in [4.78, 5) is 26.3. The number of halogens is 3. The Morgan fingerprint density at radius 2 is 1.86 bits per heavy atom. The Morgan fingerprint density at radius 1 is 1.17 bits per heavy atom. The first-order valence-corrected chi connectivity index (χ1v) is 8.80. The zero-order valence-electron chi connectivity index (χ0n) is 15.7. The van der Waals surface area contributed by atoms with Crippen molar-refractivity contribution in [1.82, 2.24) is 0 Å². The molecule has 1 N–H and O–H groups in total. The number of methoxy groups -OCH3 is 1. The third-order valence-corrected chi connectivity index (χ3v) is 4.69. The van der Waals surface area contributed by atoms with E-state index in [2.05, 4.69) is 0 Å². The molecule has 0 fully saturated rings. The summed E-state index contributed by atoms with van der Waals surface area (Å²) in [5.74, 6) is -1.73. The number of hydrogen-bond donors (Lipinski definition) is 1. The van der Waals surface area contributed by atoms with E-state index < -0.39 is 35.2 Å². The van der Waals surface area contributed by atoms with Gasteiger partial charge < -0.3 is 9.84 Å². The topological polar surface area (TPSA) is 66.8 Å². The summed E-state index contributed by atoms with van der Waals surface area (Å²) in [5, 5.41) is 10.4. The lowest BCUT2D eigenvalue weighted by atomic mass is 9.94. The summed E-state index contributed by atoms with van der Waals surface area (Å²) in [7, 11) is 1.44. The number of rotatable bonds is 5. The molecule has 1 heterocycles. The lowest BCUT2D eigenvalue weighted by Gasteiger charge is -2.27. The number of amides is 1. The fourth-order valence-electron chi connectivity index (χ4n) is 3.31. The molecule has 2 aromatic rings. The molecule has 2 aromatic carbocycles. The highest BCUT2D eigenvalue weighted by Crippen LogP contribution is 2.43. The quantitative estimate of drug-likeness (QED) is 0.790. The second-order valence-corrected chi connectivity index (χ2v) is 6.44. The Hall–Kier alpha value is -3.29. The summed E-state index contributed by atoms with van der Waals surface area (Å²) >= 11 is 0. The molecule has 5 nitrogen and oxygen atoms in total. The van der Waals surface area contributed by atoms with Crippen molar-refractivity contribution in [2.75, 3.05) is 12.0 Å². The summed E-state index contributed by atoms with van der Waals surface area (Å²) in [6.07, 6.45) is -4.59. The van der Waals surface area contributed by atoms with E-state index >= 15 is 0 Å². The van der Waals surface area contributed by atoms with Crippen molar-refractivity contribution in [3.8, 4) is 5.75 Å². The Kier molecular flexibility index (Phi) is 5.37. The second kappa shape index (κ2) is 7.62. The molecule has 1 aliphatic heterocycles. The van der Waals surface area contributed by atoms with Crippen LogP contribution in [0.3, 0.4) is 0 Å². The number of aliphatic hydroxyl groups excluding tert-OH is 1. The van der Waals surface area contributed by atoms with Crippen LogP contribution in [0.5, 0.6) is 5.75 Å². The number of Topliss-reactive ketones (excluding diaryl/α,β-unsaturated/α-hetero) is 1. The van der Waals surface area contributed by atoms with Gasteiger partial charge in [0, 0.05) is 12.1 Å². The van der Waals surface area contributed by atoms with Crippen molar-refractivity contribution in [3.05, 3.63) is 71.0 Å².